The number of hydrogen-bond donors (Lipinski definition) is 2. The molecule has 1 aliphatic rings. The average Bonchev–Trinajstić information content (AvgIpc) is 3.31. The van der Waals surface area contributed by atoms with Gasteiger partial charge in [-0.1, -0.05) is 6.07 Å². The smallest absolute Gasteiger partial charge is 0.269 e. The Morgan fingerprint density at radius 3 is 2.24 bits per heavy atom. The molecule has 154 valence electrons. The van der Waals surface area contributed by atoms with Crippen molar-refractivity contribution < 1.29 is 23.9 Å². The van der Waals surface area contributed by atoms with Crippen LogP contribution in [0.25, 0.3) is 0 Å². The number of hydrazine groups is 1. The number of carbonyl (C=O) groups is 3. The molecule has 8 nitrogen and oxygen atoms in total. The van der Waals surface area contributed by atoms with E-state index in [2.05, 4.69) is 10.9 Å². The molecule has 2 aromatic rings. The van der Waals surface area contributed by atoms with Crippen LogP contribution in [-0.4, -0.2) is 49.9 Å². The number of piperidine rings is 1. The summed E-state index contributed by atoms with van der Waals surface area (Å²) in [5.74, 6) is -0.0498. The van der Waals surface area contributed by atoms with Gasteiger partial charge in [-0.05, 0) is 36.4 Å². The lowest BCUT2D eigenvalue weighted by Crippen LogP contribution is -2.48. The van der Waals surface area contributed by atoms with Gasteiger partial charge in [0.25, 0.3) is 11.8 Å². The second kappa shape index (κ2) is 9.42. The van der Waals surface area contributed by atoms with Gasteiger partial charge in [0.05, 0.1) is 19.1 Å². The summed E-state index contributed by atoms with van der Waals surface area (Å²) in [6, 6.07) is 8.41. The van der Waals surface area contributed by atoms with E-state index in [-0.39, 0.29) is 17.7 Å². The lowest BCUT2D eigenvalue weighted by Gasteiger charge is -2.31. The zero-order valence-corrected chi connectivity index (χ0v) is 17.1. The van der Waals surface area contributed by atoms with Crippen molar-refractivity contribution >= 4 is 29.1 Å². The molecule has 1 aliphatic heterocycles. The Labute approximate surface area is 172 Å². The lowest BCUT2D eigenvalue weighted by atomic mass is 9.96. The summed E-state index contributed by atoms with van der Waals surface area (Å²) in [7, 11) is 2.99. The van der Waals surface area contributed by atoms with E-state index >= 15 is 0 Å². The van der Waals surface area contributed by atoms with Crippen LogP contribution < -0.4 is 20.3 Å². The van der Waals surface area contributed by atoms with E-state index in [0.717, 1.165) is 0 Å². The predicted octanol–water partition coefficient (Wildman–Crippen LogP) is 2.08. The number of rotatable bonds is 5. The summed E-state index contributed by atoms with van der Waals surface area (Å²) in [4.78, 5) is 39.6. The number of carbonyl (C=O) groups excluding carboxylic acids is 3. The number of benzene rings is 1. The van der Waals surface area contributed by atoms with Gasteiger partial charge in [-0.2, -0.15) is 0 Å². The maximum absolute atomic E-state index is 12.4. The minimum absolute atomic E-state index is 0.000803. The molecule has 29 heavy (non-hydrogen) atoms. The van der Waals surface area contributed by atoms with Gasteiger partial charge >= 0.3 is 0 Å². The van der Waals surface area contributed by atoms with Crippen LogP contribution >= 0.6 is 11.3 Å². The predicted molar refractivity (Wildman–Crippen MR) is 108 cm³/mol. The van der Waals surface area contributed by atoms with Gasteiger partial charge in [0.2, 0.25) is 5.91 Å². The van der Waals surface area contributed by atoms with Gasteiger partial charge in [-0.15, -0.1) is 11.3 Å². The second-order valence-corrected chi connectivity index (χ2v) is 7.54. The van der Waals surface area contributed by atoms with Gasteiger partial charge < -0.3 is 14.4 Å². The molecule has 1 aromatic carbocycles. The average molecular weight is 417 g/mol. The fourth-order valence-corrected chi connectivity index (χ4v) is 3.82. The highest BCUT2D eigenvalue weighted by Crippen LogP contribution is 2.23. The monoisotopic (exact) mass is 417 g/mol. The van der Waals surface area contributed by atoms with E-state index in [1.54, 1.807) is 29.2 Å². The van der Waals surface area contributed by atoms with E-state index in [4.69, 9.17) is 9.47 Å². The number of ether oxygens (including phenoxy) is 2. The molecule has 1 aromatic heterocycles. The molecule has 0 spiro atoms. The van der Waals surface area contributed by atoms with Gasteiger partial charge in [-0.3, -0.25) is 25.2 Å². The molecule has 0 radical (unpaired) electrons. The largest absolute Gasteiger partial charge is 0.497 e. The highest BCUT2D eigenvalue weighted by Gasteiger charge is 2.28. The number of amides is 3. The van der Waals surface area contributed by atoms with E-state index in [1.165, 1.54) is 25.6 Å². The summed E-state index contributed by atoms with van der Waals surface area (Å²) < 4.78 is 10.3. The van der Waals surface area contributed by atoms with Crippen LogP contribution in [-0.2, 0) is 4.79 Å². The van der Waals surface area contributed by atoms with Crippen LogP contribution in [0, 0.1) is 5.92 Å². The maximum atomic E-state index is 12.4. The first-order valence-electron chi connectivity index (χ1n) is 9.18. The third kappa shape index (κ3) is 5.05. The standard InChI is InChI=1S/C20H23N3O5S/c1-27-15-10-14(11-16(12-15)28-2)19(25)22-21-18(24)13-5-7-23(8-6-13)20(26)17-4-3-9-29-17/h3-4,9-13H,5-8H2,1-2H3,(H,21,24)(H,22,25). The third-order valence-corrected chi connectivity index (χ3v) is 5.66. The first-order chi connectivity index (χ1) is 14.0. The summed E-state index contributed by atoms with van der Waals surface area (Å²) in [5, 5.41) is 1.87. The van der Waals surface area contributed by atoms with Crippen molar-refractivity contribution in [2.24, 2.45) is 5.92 Å². The van der Waals surface area contributed by atoms with E-state index in [0.29, 0.717) is 47.9 Å². The molecule has 0 aliphatic carbocycles. The number of thiophene rings is 1. The zero-order valence-electron chi connectivity index (χ0n) is 16.3. The molecule has 0 unspecified atom stereocenters. The van der Waals surface area contributed by atoms with Gasteiger partial charge in [0, 0.05) is 30.6 Å². The second-order valence-electron chi connectivity index (χ2n) is 6.59. The molecular weight excluding hydrogens is 394 g/mol. The molecule has 0 atom stereocenters. The number of hydrogen-bond acceptors (Lipinski definition) is 6. The third-order valence-electron chi connectivity index (χ3n) is 4.80. The zero-order chi connectivity index (χ0) is 20.8. The van der Waals surface area contributed by atoms with Crippen LogP contribution in [0.1, 0.15) is 32.9 Å². The number of nitrogens with zero attached hydrogens (tertiary/aromatic N) is 1. The molecule has 1 saturated heterocycles. The Balaban J connectivity index is 1.50. The summed E-state index contributed by atoms with van der Waals surface area (Å²) in [6.45, 7) is 1.02. The van der Waals surface area contributed by atoms with Gasteiger partial charge in [0.1, 0.15) is 11.5 Å². The molecular formula is C20H23N3O5S. The minimum atomic E-state index is -0.471. The van der Waals surface area contributed by atoms with Crippen LogP contribution in [0.3, 0.4) is 0 Å². The number of methoxy groups -OCH3 is 2. The van der Waals surface area contributed by atoms with Crippen LogP contribution in [0.4, 0.5) is 0 Å². The molecule has 0 bridgehead atoms. The molecule has 0 saturated carbocycles. The van der Waals surface area contributed by atoms with Crippen molar-refractivity contribution in [1.82, 2.24) is 15.8 Å². The Morgan fingerprint density at radius 1 is 1.03 bits per heavy atom. The fourth-order valence-electron chi connectivity index (χ4n) is 3.13. The number of nitrogens with one attached hydrogen (secondary N) is 2. The first kappa shape index (κ1) is 20.7. The van der Waals surface area contributed by atoms with Crippen molar-refractivity contribution in [3.8, 4) is 11.5 Å². The quantitative estimate of drug-likeness (QED) is 0.726. The fraction of sp³-hybridized carbons (Fsp3) is 0.350. The highest BCUT2D eigenvalue weighted by atomic mass is 32.1. The maximum Gasteiger partial charge on any atom is 0.269 e. The summed E-state index contributed by atoms with van der Waals surface area (Å²) in [5.41, 5.74) is 5.21. The van der Waals surface area contributed by atoms with Crippen LogP contribution in [0.15, 0.2) is 35.7 Å². The van der Waals surface area contributed by atoms with Crippen LogP contribution in [0.5, 0.6) is 11.5 Å². The van der Waals surface area contributed by atoms with Gasteiger partial charge in [-0.25, -0.2) is 0 Å². The summed E-state index contributed by atoms with van der Waals surface area (Å²) in [6.07, 6.45) is 1.09. The van der Waals surface area contributed by atoms with Crippen molar-refractivity contribution in [3.63, 3.8) is 0 Å². The molecule has 1 fully saturated rings. The van der Waals surface area contributed by atoms with E-state index in [9.17, 15) is 14.4 Å². The van der Waals surface area contributed by atoms with Crippen molar-refractivity contribution in [2.45, 2.75) is 12.8 Å². The Kier molecular flexibility index (Phi) is 6.71. The Morgan fingerprint density at radius 2 is 1.69 bits per heavy atom. The van der Waals surface area contributed by atoms with Crippen molar-refractivity contribution in [2.75, 3.05) is 27.3 Å². The van der Waals surface area contributed by atoms with Crippen molar-refractivity contribution in [3.05, 3.63) is 46.2 Å². The first-order valence-corrected chi connectivity index (χ1v) is 10.1. The summed E-state index contributed by atoms with van der Waals surface area (Å²) >= 11 is 1.41. The minimum Gasteiger partial charge on any atom is -0.497 e. The SMILES string of the molecule is COc1cc(OC)cc(C(=O)NNC(=O)C2CCN(C(=O)c3cccs3)CC2)c1. The Bertz CT molecular complexity index is 854. The topological polar surface area (TPSA) is 97.0 Å². The van der Waals surface area contributed by atoms with Gasteiger partial charge in [0.15, 0.2) is 0 Å². The molecule has 3 amide bonds. The van der Waals surface area contributed by atoms with Crippen molar-refractivity contribution in [1.29, 1.82) is 0 Å². The van der Waals surface area contributed by atoms with Crippen LogP contribution in [0.2, 0.25) is 0 Å². The normalized spacial score (nSPS) is 14.2. The molecule has 2 heterocycles. The molecule has 3 rings (SSSR count). The van der Waals surface area contributed by atoms with E-state index in [1.807, 2.05) is 11.4 Å². The highest BCUT2D eigenvalue weighted by molar-refractivity contribution is 7.12. The molecule has 2 N–H and O–H groups in total. The number of likely N-dealkylation sites (tertiary alicyclic amines) is 1. The Hall–Kier alpha value is -3.07. The lowest BCUT2D eigenvalue weighted by molar-refractivity contribution is -0.127. The molecule has 9 heteroatoms. The van der Waals surface area contributed by atoms with E-state index < -0.39 is 5.91 Å².